The molecule has 1 amide bonds. The fourth-order valence-electron chi connectivity index (χ4n) is 1.69. The van der Waals surface area contributed by atoms with E-state index in [0.717, 1.165) is 17.3 Å². The third-order valence-corrected chi connectivity index (χ3v) is 2.91. The van der Waals surface area contributed by atoms with Crippen molar-refractivity contribution in [1.29, 1.82) is 0 Å². The highest BCUT2D eigenvalue weighted by atomic mass is 16.5. The third kappa shape index (κ3) is 3.03. The van der Waals surface area contributed by atoms with Crippen molar-refractivity contribution in [1.82, 2.24) is 10.3 Å². The normalized spacial score (nSPS) is 12.3. The number of fused-ring (bicyclic) bond motifs is 1. The van der Waals surface area contributed by atoms with Crippen LogP contribution in [0.1, 0.15) is 20.3 Å². The van der Waals surface area contributed by atoms with E-state index in [4.69, 9.17) is 4.74 Å². The number of hydrogen-bond acceptors (Lipinski definition) is 2. The fourth-order valence-corrected chi connectivity index (χ4v) is 1.69. The van der Waals surface area contributed by atoms with E-state index in [1.54, 1.807) is 0 Å². The average molecular weight is 246 g/mol. The Hall–Kier alpha value is -1.97. The number of H-pyrrole nitrogens is 1. The molecule has 4 heteroatoms. The zero-order valence-corrected chi connectivity index (χ0v) is 10.7. The van der Waals surface area contributed by atoms with E-state index in [-0.39, 0.29) is 18.6 Å². The van der Waals surface area contributed by atoms with Crippen LogP contribution in [0.4, 0.5) is 0 Å². The summed E-state index contributed by atoms with van der Waals surface area (Å²) in [5, 5.41) is 3.94. The van der Waals surface area contributed by atoms with Crippen molar-refractivity contribution in [2.24, 2.45) is 0 Å². The molecule has 96 valence electrons. The lowest BCUT2D eigenvalue weighted by molar-refractivity contribution is -0.123. The number of amides is 1. The van der Waals surface area contributed by atoms with E-state index < -0.39 is 0 Å². The number of ether oxygens (including phenoxy) is 1. The minimum Gasteiger partial charge on any atom is -0.484 e. The summed E-state index contributed by atoms with van der Waals surface area (Å²) in [6.45, 7) is 4.07. The Bertz CT molecular complexity index is 533. The van der Waals surface area contributed by atoms with Gasteiger partial charge in [-0.3, -0.25) is 4.79 Å². The molecule has 0 bridgehead atoms. The lowest BCUT2D eigenvalue weighted by atomic mass is 10.2. The highest BCUT2D eigenvalue weighted by Gasteiger charge is 2.06. The van der Waals surface area contributed by atoms with Crippen LogP contribution in [-0.2, 0) is 4.79 Å². The molecule has 0 radical (unpaired) electrons. The Labute approximate surface area is 106 Å². The largest absolute Gasteiger partial charge is 0.484 e. The molecule has 4 nitrogen and oxygen atoms in total. The van der Waals surface area contributed by atoms with Crippen molar-refractivity contribution in [3.63, 3.8) is 0 Å². The van der Waals surface area contributed by atoms with Gasteiger partial charge < -0.3 is 15.0 Å². The Morgan fingerprint density at radius 2 is 2.28 bits per heavy atom. The van der Waals surface area contributed by atoms with E-state index in [2.05, 4.69) is 10.3 Å². The summed E-state index contributed by atoms with van der Waals surface area (Å²) >= 11 is 0. The summed E-state index contributed by atoms with van der Waals surface area (Å²) in [6, 6.07) is 7.88. The van der Waals surface area contributed by atoms with Gasteiger partial charge in [0.05, 0.1) is 0 Å². The smallest absolute Gasteiger partial charge is 0.258 e. The minimum absolute atomic E-state index is 0.0558. The molecule has 1 atom stereocenters. The van der Waals surface area contributed by atoms with Crippen molar-refractivity contribution >= 4 is 16.8 Å². The molecule has 2 rings (SSSR count). The number of aromatic amines is 1. The third-order valence-electron chi connectivity index (χ3n) is 2.91. The molecule has 1 unspecified atom stereocenters. The monoisotopic (exact) mass is 246 g/mol. The van der Waals surface area contributed by atoms with Gasteiger partial charge in [-0.25, -0.2) is 0 Å². The van der Waals surface area contributed by atoms with Crippen LogP contribution < -0.4 is 10.1 Å². The molecule has 0 aliphatic heterocycles. The van der Waals surface area contributed by atoms with Crippen LogP contribution >= 0.6 is 0 Å². The second kappa shape index (κ2) is 5.58. The maximum atomic E-state index is 11.6. The summed E-state index contributed by atoms with van der Waals surface area (Å²) in [5.74, 6) is 0.625. The Kier molecular flexibility index (Phi) is 3.87. The van der Waals surface area contributed by atoms with Crippen molar-refractivity contribution in [2.75, 3.05) is 6.61 Å². The van der Waals surface area contributed by atoms with E-state index in [0.29, 0.717) is 5.75 Å². The number of nitrogens with one attached hydrogen (secondary N) is 2. The zero-order valence-electron chi connectivity index (χ0n) is 10.7. The highest BCUT2D eigenvalue weighted by molar-refractivity contribution is 5.81. The molecule has 1 aromatic carbocycles. The number of aromatic nitrogens is 1. The van der Waals surface area contributed by atoms with Gasteiger partial charge >= 0.3 is 0 Å². The standard InChI is InChI=1S/C14H18N2O2/c1-3-10(2)16-14(17)9-18-12-4-5-13-11(8-12)6-7-15-13/h4-8,10,15H,3,9H2,1-2H3,(H,16,17). The van der Waals surface area contributed by atoms with Gasteiger partial charge in [0.15, 0.2) is 6.61 Å². The summed E-state index contributed by atoms with van der Waals surface area (Å²) in [4.78, 5) is 14.7. The SMILES string of the molecule is CCC(C)NC(=O)COc1ccc2[nH]ccc2c1. The van der Waals surface area contributed by atoms with Crippen LogP contribution in [0.15, 0.2) is 30.5 Å². The van der Waals surface area contributed by atoms with Gasteiger partial charge in [0, 0.05) is 23.1 Å². The van der Waals surface area contributed by atoms with Crippen LogP contribution in [0.3, 0.4) is 0 Å². The van der Waals surface area contributed by atoms with E-state index >= 15 is 0 Å². The topological polar surface area (TPSA) is 54.1 Å². The quantitative estimate of drug-likeness (QED) is 0.851. The van der Waals surface area contributed by atoms with Gasteiger partial charge in [-0.15, -0.1) is 0 Å². The Balaban J connectivity index is 1.91. The molecule has 0 aliphatic carbocycles. The van der Waals surface area contributed by atoms with Crippen LogP contribution in [0, 0.1) is 0 Å². The maximum absolute atomic E-state index is 11.6. The first-order valence-corrected chi connectivity index (χ1v) is 6.18. The van der Waals surface area contributed by atoms with Crippen molar-refractivity contribution in [3.05, 3.63) is 30.5 Å². The highest BCUT2D eigenvalue weighted by Crippen LogP contribution is 2.19. The van der Waals surface area contributed by atoms with Crippen molar-refractivity contribution < 1.29 is 9.53 Å². The van der Waals surface area contributed by atoms with E-state index in [1.807, 2.05) is 44.3 Å². The summed E-state index contributed by atoms with van der Waals surface area (Å²) in [5.41, 5.74) is 1.06. The number of rotatable bonds is 5. The molecular formula is C14H18N2O2. The van der Waals surface area contributed by atoms with Crippen molar-refractivity contribution in [2.45, 2.75) is 26.3 Å². The van der Waals surface area contributed by atoms with Gasteiger partial charge in [-0.1, -0.05) is 6.92 Å². The van der Waals surface area contributed by atoms with E-state index in [9.17, 15) is 4.79 Å². The minimum atomic E-state index is -0.0847. The molecule has 0 fully saturated rings. The number of carbonyl (C=O) groups is 1. The number of benzene rings is 1. The van der Waals surface area contributed by atoms with Gasteiger partial charge in [-0.2, -0.15) is 0 Å². The predicted molar refractivity (Wildman–Crippen MR) is 71.7 cm³/mol. The first-order chi connectivity index (χ1) is 8.69. The number of carbonyl (C=O) groups excluding carboxylic acids is 1. The first kappa shape index (κ1) is 12.5. The molecule has 1 aromatic heterocycles. The van der Waals surface area contributed by atoms with Crippen LogP contribution in [0.25, 0.3) is 10.9 Å². The Morgan fingerprint density at radius 3 is 3.06 bits per heavy atom. The molecule has 2 N–H and O–H groups in total. The van der Waals surface area contributed by atoms with Gasteiger partial charge in [0.1, 0.15) is 5.75 Å². The Morgan fingerprint density at radius 1 is 1.44 bits per heavy atom. The number of hydrogen-bond donors (Lipinski definition) is 2. The molecule has 0 aliphatic rings. The fraction of sp³-hybridized carbons (Fsp3) is 0.357. The molecule has 0 saturated carbocycles. The van der Waals surface area contributed by atoms with Gasteiger partial charge in [-0.05, 0) is 37.6 Å². The van der Waals surface area contributed by atoms with Gasteiger partial charge in [0.25, 0.3) is 5.91 Å². The predicted octanol–water partition coefficient (Wildman–Crippen LogP) is 2.46. The van der Waals surface area contributed by atoms with Crippen LogP contribution in [-0.4, -0.2) is 23.5 Å². The zero-order chi connectivity index (χ0) is 13.0. The molecule has 2 aromatic rings. The van der Waals surface area contributed by atoms with E-state index in [1.165, 1.54) is 0 Å². The average Bonchev–Trinajstić information content (AvgIpc) is 2.83. The van der Waals surface area contributed by atoms with Crippen LogP contribution in [0.2, 0.25) is 0 Å². The first-order valence-electron chi connectivity index (χ1n) is 6.18. The summed E-state index contributed by atoms with van der Waals surface area (Å²) < 4.78 is 5.46. The lowest BCUT2D eigenvalue weighted by Crippen LogP contribution is -2.35. The molecule has 1 heterocycles. The molecular weight excluding hydrogens is 228 g/mol. The maximum Gasteiger partial charge on any atom is 0.258 e. The lowest BCUT2D eigenvalue weighted by Gasteiger charge is -2.12. The van der Waals surface area contributed by atoms with Gasteiger partial charge in [0.2, 0.25) is 0 Å². The molecule has 0 spiro atoms. The summed E-state index contributed by atoms with van der Waals surface area (Å²) in [7, 11) is 0. The van der Waals surface area contributed by atoms with Crippen molar-refractivity contribution in [3.8, 4) is 5.75 Å². The second-order valence-electron chi connectivity index (χ2n) is 4.39. The van der Waals surface area contributed by atoms with Crippen LogP contribution in [0.5, 0.6) is 5.75 Å². The summed E-state index contributed by atoms with van der Waals surface area (Å²) in [6.07, 6.45) is 2.80. The molecule has 18 heavy (non-hydrogen) atoms. The second-order valence-corrected chi connectivity index (χ2v) is 4.39. The molecule has 0 saturated heterocycles.